The summed E-state index contributed by atoms with van der Waals surface area (Å²) in [5.74, 6) is 0.740. The topological polar surface area (TPSA) is 50.4 Å². The first-order chi connectivity index (χ1) is 9.11. The van der Waals surface area contributed by atoms with Crippen molar-refractivity contribution in [1.82, 2.24) is 5.32 Å². The van der Waals surface area contributed by atoms with Gasteiger partial charge >= 0.3 is 0 Å². The SMILES string of the molecule is CCCCNCC(=O)Nc1cccc(OC(C)C)c1. The van der Waals surface area contributed by atoms with Gasteiger partial charge in [0.05, 0.1) is 12.6 Å². The van der Waals surface area contributed by atoms with Gasteiger partial charge in [-0.25, -0.2) is 0 Å². The van der Waals surface area contributed by atoms with Gasteiger partial charge < -0.3 is 15.4 Å². The smallest absolute Gasteiger partial charge is 0.238 e. The van der Waals surface area contributed by atoms with Crippen molar-refractivity contribution in [1.29, 1.82) is 0 Å². The number of anilines is 1. The number of amides is 1. The van der Waals surface area contributed by atoms with Crippen molar-refractivity contribution in [3.63, 3.8) is 0 Å². The molecular weight excluding hydrogens is 240 g/mol. The van der Waals surface area contributed by atoms with E-state index in [1.54, 1.807) is 0 Å². The standard InChI is InChI=1S/C15H24N2O2/c1-4-5-9-16-11-15(18)17-13-7-6-8-14(10-13)19-12(2)3/h6-8,10,12,16H,4-5,9,11H2,1-3H3,(H,17,18). The van der Waals surface area contributed by atoms with Gasteiger partial charge in [-0.15, -0.1) is 0 Å². The van der Waals surface area contributed by atoms with E-state index in [2.05, 4.69) is 17.6 Å². The maximum Gasteiger partial charge on any atom is 0.238 e. The summed E-state index contributed by atoms with van der Waals surface area (Å²) in [5, 5.41) is 5.96. The molecule has 0 saturated carbocycles. The fourth-order valence-electron chi connectivity index (χ4n) is 1.63. The van der Waals surface area contributed by atoms with Crippen molar-refractivity contribution in [2.24, 2.45) is 0 Å². The van der Waals surface area contributed by atoms with Gasteiger partial charge in [-0.05, 0) is 38.9 Å². The zero-order chi connectivity index (χ0) is 14.1. The maximum atomic E-state index is 11.7. The number of unbranched alkanes of at least 4 members (excludes halogenated alkanes) is 1. The summed E-state index contributed by atoms with van der Waals surface area (Å²) in [6, 6.07) is 7.45. The number of carbonyl (C=O) groups excluding carboxylic acids is 1. The zero-order valence-corrected chi connectivity index (χ0v) is 12.0. The van der Waals surface area contributed by atoms with E-state index in [1.807, 2.05) is 38.1 Å². The summed E-state index contributed by atoms with van der Waals surface area (Å²) in [4.78, 5) is 11.7. The second-order valence-corrected chi connectivity index (χ2v) is 4.77. The van der Waals surface area contributed by atoms with Crippen LogP contribution < -0.4 is 15.4 Å². The Labute approximate surface area is 115 Å². The first-order valence-corrected chi connectivity index (χ1v) is 6.89. The number of hydrogen-bond acceptors (Lipinski definition) is 3. The van der Waals surface area contributed by atoms with E-state index in [9.17, 15) is 4.79 Å². The first-order valence-electron chi connectivity index (χ1n) is 6.89. The predicted octanol–water partition coefficient (Wildman–Crippen LogP) is 2.80. The van der Waals surface area contributed by atoms with Gasteiger partial charge in [-0.1, -0.05) is 19.4 Å². The Kier molecular flexibility index (Phi) is 6.97. The minimum Gasteiger partial charge on any atom is -0.491 e. The van der Waals surface area contributed by atoms with Crippen molar-refractivity contribution >= 4 is 11.6 Å². The van der Waals surface area contributed by atoms with Crippen LogP contribution in [0, 0.1) is 0 Å². The van der Waals surface area contributed by atoms with Crippen LogP contribution in [-0.2, 0) is 4.79 Å². The Bertz CT molecular complexity index is 391. The maximum absolute atomic E-state index is 11.7. The minimum atomic E-state index is -0.0298. The molecule has 19 heavy (non-hydrogen) atoms. The van der Waals surface area contributed by atoms with Crippen LogP contribution in [0.5, 0.6) is 5.75 Å². The summed E-state index contributed by atoms with van der Waals surface area (Å²) >= 11 is 0. The minimum absolute atomic E-state index is 0.0298. The third kappa shape index (κ3) is 6.82. The molecule has 106 valence electrons. The molecule has 0 heterocycles. The second kappa shape index (κ2) is 8.53. The molecule has 0 radical (unpaired) electrons. The van der Waals surface area contributed by atoms with E-state index in [1.165, 1.54) is 0 Å². The number of hydrogen-bond donors (Lipinski definition) is 2. The van der Waals surface area contributed by atoms with Gasteiger partial charge in [-0.2, -0.15) is 0 Å². The molecule has 0 saturated heterocycles. The lowest BCUT2D eigenvalue weighted by Crippen LogP contribution is -2.28. The number of carbonyl (C=O) groups is 1. The molecule has 4 nitrogen and oxygen atoms in total. The van der Waals surface area contributed by atoms with Gasteiger partial charge in [0, 0.05) is 11.8 Å². The number of benzene rings is 1. The Morgan fingerprint density at radius 2 is 2.16 bits per heavy atom. The lowest BCUT2D eigenvalue weighted by Gasteiger charge is -2.11. The Morgan fingerprint density at radius 3 is 2.84 bits per heavy atom. The third-order valence-corrected chi connectivity index (χ3v) is 2.48. The van der Waals surface area contributed by atoms with E-state index in [4.69, 9.17) is 4.74 Å². The normalized spacial score (nSPS) is 10.5. The Hall–Kier alpha value is -1.55. The molecule has 0 fully saturated rings. The number of nitrogens with one attached hydrogen (secondary N) is 2. The molecule has 1 rings (SSSR count). The molecule has 0 aromatic heterocycles. The molecule has 0 aliphatic heterocycles. The molecule has 0 unspecified atom stereocenters. The van der Waals surface area contributed by atoms with Crippen LogP contribution in [0.15, 0.2) is 24.3 Å². The van der Waals surface area contributed by atoms with E-state index >= 15 is 0 Å². The third-order valence-electron chi connectivity index (χ3n) is 2.48. The summed E-state index contributed by atoms with van der Waals surface area (Å²) in [7, 11) is 0. The zero-order valence-electron chi connectivity index (χ0n) is 12.0. The van der Waals surface area contributed by atoms with Crippen molar-refractivity contribution < 1.29 is 9.53 Å². The average Bonchev–Trinajstić information content (AvgIpc) is 2.34. The molecule has 0 aliphatic rings. The lowest BCUT2D eigenvalue weighted by molar-refractivity contribution is -0.115. The number of rotatable bonds is 8. The molecule has 1 amide bonds. The molecule has 0 spiro atoms. The molecule has 4 heteroatoms. The fraction of sp³-hybridized carbons (Fsp3) is 0.533. The summed E-state index contributed by atoms with van der Waals surface area (Å²) in [6.45, 7) is 7.30. The van der Waals surface area contributed by atoms with Crippen molar-refractivity contribution in [2.75, 3.05) is 18.4 Å². The summed E-state index contributed by atoms with van der Waals surface area (Å²) < 4.78 is 5.58. The average molecular weight is 264 g/mol. The quantitative estimate of drug-likeness (QED) is 0.710. The van der Waals surface area contributed by atoms with Gasteiger partial charge in [0.2, 0.25) is 5.91 Å². The van der Waals surface area contributed by atoms with Gasteiger partial charge in [0.1, 0.15) is 5.75 Å². The van der Waals surface area contributed by atoms with Gasteiger partial charge in [-0.3, -0.25) is 4.79 Å². The van der Waals surface area contributed by atoms with Crippen LogP contribution in [0.25, 0.3) is 0 Å². The molecule has 2 N–H and O–H groups in total. The molecule has 0 aliphatic carbocycles. The van der Waals surface area contributed by atoms with Crippen LogP contribution in [0.1, 0.15) is 33.6 Å². The van der Waals surface area contributed by atoms with Gasteiger partial charge in [0.25, 0.3) is 0 Å². The van der Waals surface area contributed by atoms with Crippen LogP contribution >= 0.6 is 0 Å². The highest BCUT2D eigenvalue weighted by atomic mass is 16.5. The summed E-state index contributed by atoms with van der Waals surface area (Å²) in [5.41, 5.74) is 0.764. The highest BCUT2D eigenvalue weighted by Gasteiger charge is 2.03. The van der Waals surface area contributed by atoms with Crippen LogP contribution in [0.2, 0.25) is 0 Å². The van der Waals surface area contributed by atoms with E-state index in [-0.39, 0.29) is 12.0 Å². The van der Waals surface area contributed by atoms with Crippen molar-refractivity contribution in [2.45, 2.75) is 39.7 Å². The van der Waals surface area contributed by atoms with E-state index < -0.39 is 0 Å². The van der Waals surface area contributed by atoms with Crippen molar-refractivity contribution in [3.05, 3.63) is 24.3 Å². The van der Waals surface area contributed by atoms with Crippen LogP contribution in [-0.4, -0.2) is 25.1 Å². The predicted molar refractivity (Wildman–Crippen MR) is 78.6 cm³/mol. The summed E-state index contributed by atoms with van der Waals surface area (Å²) in [6.07, 6.45) is 2.34. The molecule has 1 aromatic rings. The van der Waals surface area contributed by atoms with Gasteiger partial charge in [0.15, 0.2) is 0 Å². The van der Waals surface area contributed by atoms with E-state index in [0.29, 0.717) is 6.54 Å². The van der Waals surface area contributed by atoms with E-state index in [0.717, 1.165) is 30.8 Å². The molecule has 0 atom stereocenters. The Balaban J connectivity index is 2.41. The molecule has 0 bridgehead atoms. The molecular formula is C15H24N2O2. The highest BCUT2D eigenvalue weighted by Crippen LogP contribution is 2.18. The fourth-order valence-corrected chi connectivity index (χ4v) is 1.63. The van der Waals surface area contributed by atoms with Crippen LogP contribution in [0.4, 0.5) is 5.69 Å². The monoisotopic (exact) mass is 264 g/mol. The second-order valence-electron chi connectivity index (χ2n) is 4.77. The van der Waals surface area contributed by atoms with Crippen LogP contribution in [0.3, 0.4) is 0 Å². The first kappa shape index (κ1) is 15.5. The Morgan fingerprint density at radius 1 is 1.37 bits per heavy atom. The highest BCUT2D eigenvalue weighted by molar-refractivity contribution is 5.92. The number of ether oxygens (including phenoxy) is 1. The van der Waals surface area contributed by atoms with Crippen molar-refractivity contribution in [3.8, 4) is 5.75 Å². The lowest BCUT2D eigenvalue weighted by atomic mass is 10.3. The largest absolute Gasteiger partial charge is 0.491 e. The molecule has 1 aromatic carbocycles.